The van der Waals surface area contributed by atoms with Crippen molar-refractivity contribution in [1.29, 1.82) is 0 Å². The lowest BCUT2D eigenvalue weighted by Gasteiger charge is -2.05. The largest absolute Gasteiger partial charge is 0.469 e. The van der Waals surface area contributed by atoms with Crippen LogP contribution in [0.2, 0.25) is 0 Å². The first kappa shape index (κ1) is 9.37. The molecule has 1 aromatic heterocycles. The van der Waals surface area contributed by atoms with Crippen LogP contribution in [-0.2, 0) is 6.42 Å². The quantitative estimate of drug-likeness (QED) is 0.670. The van der Waals surface area contributed by atoms with E-state index in [1.165, 1.54) is 23.3 Å². The van der Waals surface area contributed by atoms with Gasteiger partial charge in [-0.15, -0.1) is 0 Å². The number of rotatable bonds is 3. The van der Waals surface area contributed by atoms with E-state index in [-0.39, 0.29) is 0 Å². The van der Waals surface area contributed by atoms with Gasteiger partial charge in [-0.1, -0.05) is 20.3 Å². The molecule has 12 heavy (non-hydrogen) atoms. The molecule has 0 bridgehead atoms. The first-order valence-corrected chi connectivity index (χ1v) is 4.68. The number of furan rings is 1. The summed E-state index contributed by atoms with van der Waals surface area (Å²) in [6.45, 7) is 8.71. The molecule has 0 saturated carbocycles. The van der Waals surface area contributed by atoms with Crippen molar-refractivity contribution in [3.63, 3.8) is 0 Å². The van der Waals surface area contributed by atoms with E-state index in [9.17, 15) is 0 Å². The Bertz CT molecular complexity index is 248. The van der Waals surface area contributed by atoms with Gasteiger partial charge in [-0.3, -0.25) is 0 Å². The Morgan fingerprint density at radius 2 is 2.08 bits per heavy atom. The maximum absolute atomic E-state index is 5.47. The molecule has 0 aromatic carbocycles. The summed E-state index contributed by atoms with van der Waals surface area (Å²) in [7, 11) is 0. The van der Waals surface area contributed by atoms with Crippen molar-refractivity contribution in [3.8, 4) is 0 Å². The lowest BCUT2D eigenvalue weighted by Crippen LogP contribution is -1.97. The molecule has 1 unspecified atom stereocenters. The first-order chi connectivity index (χ1) is 5.65. The third-order valence-corrected chi connectivity index (χ3v) is 2.62. The van der Waals surface area contributed by atoms with Crippen molar-refractivity contribution in [3.05, 3.63) is 23.2 Å². The zero-order valence-electron chi connectivity index (χ0n) is 8.48. The van der Waals surface area contributed by atoms with Crippen LogP contribution in [0, 0.1) is 19.8 Å². The standard InChI is InChI=1S/C11H18O/c1-5-8(2)6-11-10(4)9(3)7-12-11/h7-8H,5-6H2,1-4H3. The second kappa shape index (κ2) is 3.79. The van der Waals surface area contributed by atoms with Gasteiger partial charge in [-0.05, 0) is 30.9 Å². The van der Waals surface area contributed by atoms with Crippen molar-refractivity contribution in [2.24, 2.45) is 5.92 Å². The molecule has 1 aromatic rings. The summed E-state index contributed by atoms with van der Waals surface area (Å²) in [6, 6.07) is 0. The molecule has 0 aliphatic carbocycles. The predicted molar refractivity (Wildman–Crippen MR) is 51.3 cm³/mol. The average Bonchev–Trinajstić information content (AvgIpc) is 2.36. The minimum absolute atomic E-state index is 0.731. The zero-order chi connectivity index (χ0) is 9.14. The topological polar surface area (TPSA) is 13.1 Å². The van der Waals surface area contributed by atoms with Crippen LogP contribution < -0.4 is 0 Å². The summed E-state index contributed by atoms with van der Waals surface area (Å²) in [4.78, 5) is 0. The van der Waals surface area contributed by atoms with E-state index >= 15 is 0 Å². The highest BCUT2D eigenvalue weighted by molar-refractivity contribution is 5.25. The van der Waals surface area contributed by atoms with Gasteiger partial charge in [0.1, 0.15) is 5.76 Å². The molecule has 0 N–H and O–H groups in total. The molecule has 0 fully saturated rings. The fraction of sp³-hybridized carbons (Fsp3) is 0.636. The highest BCUT2D eigenvalue weighted by atomic mass is 16.3. The third-order valence-electron chi connectivity index (χ3n) is 2.62. The summed E-state index contributed by atoms with van der Waals surface area (Å²) in [6.07, 6.45) is 4.16. The summed E-state index contributed by atoms with van der Waals surface area (Å²) in [5.41, 5.74) is 2.60. The molecule has 0 amide bonds. The van der Waals surface area contributed by atoms with Crippen LogP contribution >= 0.6 is 0 Å². The number of hydrogen-bond donors (Lipinski definition) is 0. The number of aryl methyl sites for hydroxylation is 1. The second-order valence-electron chi connectivity index (χ2n) is 3.68. The first-order valence-electron chi connectivity index (χ1n) is 4.68. The fourth-order valence-electron chi connectivity index (χ4n) is 1.22. The minimum atomic E-state index is 0.731. The normalized spacial score (nSPS) is 13.3. The SMILES string of the molecule is CCC(C)Cc1occ(C)c1C. The second-order valence-corrected chi connectivity index (χ2v) is 3.68. The molecule has 1 atom stereocenters. The minimum Gasteiger partial charge on any atom is -0.469 e. The third kappa shape index (κ3) is 1.90. The molecule has 0 aliphatic rings. The van der Waals surface area contributed by atoms with Gasteiger partial charge in [0.25, 0.3) is 0 Å². The van der Waals surface area contributed by atoms with E-state index in [1.54, 1.807) is 0 Å². The van der Waals surface area contributed by atoms with Gasteiger partial charge >= 0.3 is 0 Å². The maximum Gasteiger partial charge on any atom is 0.107 e. The van der Waals surface area contributed by atoms with Gasteiger partial charge in [-0.2, -0.15) is 0 Å². The summed E-state index contributed by atoms with van der Waals surface area (Å²) < 4.78 is 5.47. The lowest BCUT2D eigenvalue weighted by atomic mass is 10.0. The molecule has 0 aliphatic heterocycles. The van der Waals surface area contributed by atoms with Crippen molar-refractivity contribution in [2.45, 2.75) is 40.5 Å². The van der Waals surface area contributed by atoms with E-state index in [2.05, 4.69) is 27.7 Å². The maximum atomic E-state index is 5.47. The molecular formula is C11H18O. The van der Waals surface area contributed by atoms with Gasteiger partial charge in [0, 0.05) is 6.42 Å². The van der Waals surface area contributed by atoms with Gasteiger partial charge in [0.2, 0.25) is 0 Å². The van der Waals surface area contributed by atoms with Crippen LogP contribution in [0.15, 0.2) is 10.7 Å². The van der Waals surface area contributed by atoms with Crippen molar-refractivity contribution < 1.29 is 4.42 Å². The van der Waals surface area contributed by atoms with E-state index in [0.717, 1.165) is 12.3 Å². The Hall–Kier alpha value is -0.720. The zero-order valence-corrected chi connectivity index (χ0v) is 8.48. The van der Waals surface area contributed by atoms with Gasteiger partial charge < -0.3 is 4.42 Å². The highest BCUT2D eigenvalue weighted by Crippen LogP contribution is 2.19. The Labute approximate surface area is 74.8 Å². The van der Waals surface area contributed by atoms with E-state index in [1.807, 2.05) is 6.26 Å². The fourth-order valence-corrected chi connectivity index (χ4v) is 1.22. The van der Waals surface area contributed by atoms with Gasteiger partial charge in [0.15, 0.2) is 0 Å². The van der Waals surface area contributed by atoms with Crippen molar-refractivity contribution in [2.75, 3.05) is 0 Å². The summed E-state index contributed by atoms with van der Waals surface area (Å²) in [5, 5.41) is 0. The summed E-state index contributed by atoms with van der Waals surface area (Å²) in [5.74, 6) is 1.90. The Kier molecular flexibility index (Phi) is 2.96. The van der Waals surface area contributed by atoms with Crippen LogP contribution in [0.3, 0.4) is 0 Å². The molecule has 0 radical (unpaired) electrons. The van der Waals surface area contributed by atoms with Crippen LogP contribution in [0.1, 0.15) is 37.2 Å². The van der Waals surface area contributed by atoms with Crippen molar-refractivity contribution in [1.82, 2.24) is 0 Å². The molecule has 0 spiro atoms. The predicted octanol–water partition coefficient (Wildman–Crippen LogP) is 3.49. The monoisotopic (exact) mass is 166 g/mol. The highest BCUT2D eigenvalue weighted by Gasteiger charge is 2.08. The van der Waals surface area contributed by atoms with Crippen LogP contribution in [0.4, 0.5) is 0 Å². The lowest BCUT2D eigenvalue weighted by molar-refractivity contribution is 0.447. The van der Waals surface area contributed by atoms with Crippen LogP contribution in [0.25, 0.3) is 0 Å². The average molecular weight is 166 g/mol. The Balaban J connectivity index is 2.69. The molecule has 68 valence electrons. The molecular weight excluding hydrogens is 148 g/mol. The van der Waals surface area contributed by atoms with Crippen LogP contribution in [-0.4, -0.2) is 0 Å². The van der Waals surface area contributed by atoms with Gasteiger partial charge in [0.05, 0.1) is 6.26 Å². The van der Waals surface area contributed by atoms with E-state index in [0.29, 0.717) is 0 Å². The van der Waals surface area contributed by atoms with Gasteiger partial charge in [-0.25, -0.2) is 0 Å². The van der Waals surface area contributed by atoms with E-state index < -0.39 is 0 Å². The number of hydrogen-bond acceptors (Lipinski definition) is 1. The molecule has 1 rings (SSSR count). The summed E-state index contributed by atoms with van der Waals surface area (Å²) >= 11 is 0. The smallest absolute Gasteiger partial charge is 0.107 e. The Morgan fingerprint density at radius 1 is 1.42 bits per heavy atom. The van der Waals surface area contributed by atoms with Crippen molar-refractivity contribution >= 4 is 0 Å². The molecule has 1 heteroatoms. The van der Waals surface area contributed by atoms with E-state index in [4.69, 9.17) is 4.42 Å². The molecule has 0 saturated heterocycles. The molecule has 1 heterocycles. The molecule has 1 nitrogen and oxygen atoms in total. The Morgan fingerprint density at radius 3 is 2.50 bits per heavy atom. The van der Waals surface area contributed by atoms with Crippen LogP contribution in [0.5, 0.6) is 0 Å².